The fourth-order valence-electron chi connectivity index (χ4n) is 6.74. The first-order chi connectivity index (χ1) is 18.4. The molecule has 2 N–H and O–H groups in total. The smallest absolute Gasteiger partial charge is 0.0406 e. The van der Waals surface area contributed by atoms with Crippen LogP contribution >= 0.6 is 23.2 Å². The lowest BCUT2D eigenvalue weighted by Crippen LogP contribution is -2.56. The van der Waals surface area contributed by atoms with Crippen LogP contribution in [0, 0.1) is 11.8 Å². The van der Waals surface area contributed by atoms with Gasteiger partial charge in [0.2, 0.25) is 0 Å². The minimum absolute atomic E-state index is 0.438. The van der Waals surface area contributed by atoms with Crippen molar-refractivity contribution in [1.82, 2.24) is 9.80 Å². The summed E-state index contributed by atoms with van der Waals surface area (Å²) in [4.78, 5) is 5.26. The van der Waals surface area contributed by atoms with Gasteiger partial charge in [-0.15, -0.1) is 0 Å². The van der Waals surface area contributed by atoms with Crippen molar-refractivity contribution < 1.29 is 0 Å². The van der Waals surface area contributed by atoms with E-state index in [-0.39, 0.29) is 0 Å². The zero-order valence-corrected chi connectivity index (χ0v) is 24.4. The standard InChI is InChI=1S/C17H22ClN.C16H23ClN2/c1-13-2-7-17(13)19-10-8-15(9-11-19)12-14-3-5-16(18)6-4-14;17-14-3-1-12(2-4-14)11-13-7-9-19(10-8-13)16-6-5-15(16)18/h3-6,15,17H,1-2,7-12H2;1-4,13,15-16H,5-11,18H2/t;15-,16+/m.1/s1. The lowest BCUT2D eigenvalue weighted by Gasteiger charge is -2.45. The van der Waals surface area contributed by atoms with E-state index in [0.29, 0.717) is 18.1 Å². The Balaban J connectivity index is 0.000000155. The van der Waals surface area contributed by atoms with E-state index in [9.17, 15) is 0 Å². The second kappa shape index (κ2) is 13.3. The molecular formula is C33H45Cl2N3. The molecule has 3 nitrogen and oxygen atoms in total. The monoisotopic (exact) mass is 553 g/mol. The molecule has 0 radical (unpaired) electrons. The van der Waals surface area contributed by atoms with Gasteiger partial charge >= 0.3 is 0 Å². The number of piperidine rings is 2. The highest BCUT2D eigenvalue weighted by Crippen LogP contribution is 2.33. The van der Waals surface area contributed by atoms with Crippen LogP contribution < -0.4 is 5.73 Å². The Morgan fingerprint density at radius 1 is 0.658 bits per heavy atom. The van der Waals surface area contributed by atoms with Crippen LogP contribution in [0.15, 0.2) is 60.7 Å². The van der Waals surface area contributed by atoms with E-state index in [1.165, 1.54) is 107 Å². The maximum Gasteiger partial charge on any atom is 0.0406 e. The van der Waals surface area contributed by atoms with Gasteiger partial charge in [0.25, 0.3) is 0 Å². The first kappa shape index (κ1) is 28.2. The third-order valence-electron chi connectivity index (χ3n) is 9.58. The molecule has 2 aromatic rings. The largest absolute Gasteiger partial charge is 0.326 e. The topological polar surface area (TPSA) is 32.5 Å². The van der Waals surface area contributed by atoms with Gasteiger partial charge in [-0.3, -0.25) is 9.80 Å². The normalized spacial score (nSPS) is 27.2. The Bertz CT molecular complexity index is 1020. The molecule has 2 heterocycles. The summed E-state index contributed by atoms with van der Waals surface area (Å²) in [7, 11) is 0. The van der Waals surface area contributed by atoms with Gasteiger partial charge < -0.3 is 5.73 Å². The average Bonchev–Trinajstić information content (AvgIpc) is 2.92. The Morgan fingerprint density at radius 2 is 1.13 bits per heavy atom. The molecule has 206 valence electrons. The minimum Gasteiger partial charge on any atom is -0.326 e. The van der Waals surface area contributed by atoms with E-state index < -0.39 is 0 Å². The van der Waals surface area contributed by atoms with Crippen molar-refractivity contribution in [3.8, 4) is 0 Å². The Morgan fingerprint density at radius 3 is 1.47 bits per heavy atom. The summed E-state index contributed by atoms with van der Waals surface area (Å²) in [6.45, 7) is 9.13. The number of halogens is 2. The van der Waals surface area contributed by atoms with Gasteiger partial charge in [0.1, 0.15) is 0 Å². The molecule has 0 aromatic heterocycles. The summed E-state index contributed by atoms with van der Waals surface area (Å²) in [5, 5.41) is 1.67. The van der Waals surface area contributed by atoms with Crippen LogP contribution in [-0.4, -0.2) is 54.1 Å². The third kappa shape index (κ3) is 7.43. The van der Waals surface area contributed by atoms with Crippen LogP contribution in [0.2, 0.25) is 10.0 Å². The molecule has 0 spiro atoms. The number of hydrogen-bond acceptors (Lipinski definition) is 3. The van der Waals surface area contributed by atoms with Crippen molar-refractivity contribution >= 4 is 23.2 Å². The molecule has 2 aliphatic heterocycles. The highest BCUT2D eigenvalue weighted by atomic mass is 35.5. The summed E-state index contributed by atoms with van der Waals surface area (Å²) in [5.41, 5.74) is 10.4. The first-order valence-electron chi connectivity index (χ1n) is 14.8. The van der Waals surface area contributed by atoms with E-state index >= 15 is 0 Å². The fourth-order valence-corrected chi connectivity index (χ4v) is 7.00. The molecule has 0 bridgehead atoms. The summed E-state index contributed by atoms with van der Waals surface area (Å²) in [6.07, 6.45) is 12.8. The number of nitrogens with zero attached hydrogens (tertiary/aromatic N) is 2. The van der Waals surface area contributed by atoms with Crippen LogP contribution in [0.3, 0.4) is 0 Å². The molecule has 2 saturated heterocycles. The molecular weight excluding hydrogens is 509 g/mol. The number of nitrogens with two attached hydrogens (primary N) is 1. The maximum absolute atomic E-state index is 6.07. The van der Waals surface area contributed by atoms with Crippen molar-refractivity contribution in [3.05, 3.63) is 81.9 Å². The van der Waals surface area contributed by atoms with Gasteiger partial charge in [-0.05, 0) is 138 Å². The van der Waals surface area contributed by atoms with Crippen LogP contribution in [0.25, 0.3) is 0 Å². The molecule has 2 aromatic carbocycles. The molecule has 4 aliphatic rings. The molecule has 6 rings (SSSR count). The van der Waals surface area contributed by atoms with Gasteiger partial charge in [0, 0.05) is 28.2 Å². The van der Waals surface area contributed by atoms with Crippen LogP contribution in [0.4, 0.5) is 0 Å². The minimum atomic E-state index is 0.438. The Kier molecular flexibility index (Phi) is 9.89. The zero-order chi connectivity index (χ0) is 26.5. The van der Waals surface area contributed by atoms with E-state index in [2.05, 4.69) is 40.6 Å². The van der Waals surface area contributed by atoms with Crippen molar-refractivity contribution in [2.45, 2.75) is 82.3 Å². The summed E-state index contributed by atoms with van der Waals surface area (Å²) < 4.78 is 0. The predicted octanol–water partition coefficient (Wildman–Crippen LogP) is 7.40. The van der Waals surface area contributed by atoms with Crippen LogP contribution in [-0.2, 0) is 12.8 Å². The van der Waals surface area contributed by atoms with Crippen molar-refractivity contribution in [1.29, 1.82) is 0 Å². The van der Waals surface area contributed by atoms with Crippen molar-refractivity contribution in [3.63, 3.8) is 0 Å². The van der Waals surface area contributed by atoms with Crippen molar-refractivity contribution in [2.24, 2.45) is 17.6 Å². The van der Waals surface area contributed by atoms with E-state index in [4.69, 9.17) is 28.9 Å². The van der Waals surface area contributed by atoms with Gasteiger partial charge in [0.15, 0.2) is 0 Å². The van der Waals surface area contributed by atoms with Crippen molar-refractivity contribution in [2.75, 3.05) is 26.2 Å². The fraction of sp³-hybridized carbons (Fsp3) is 0.576. The van der Waals surface area contributed by atoms with Gasteiger partial charge in [-0.2, -0.15) is 0 Å². The van der Waals surface area contributed by atoms with Crippen LogP contribution in [0.1, 0.15) is 62.5 Å². The second-order valence-electron chi connectivity index (χ2n) is 12.1. The number of benzene rings is 2. The Labute approximate surface area is 240 Å². The second-order valence-corrected chi connectivity index (χ2v) is 13.0. The number of likely N-dealkylation sites (tertiary alicyclic amines) is 2. The predicted molar refractivity (Wildman–Crippen MR) is 162 cm³/mol. The summed E-state index contributed by atoms with van der Waals surface area (Å²) in [5.74, 6) is 1.67. The van der Waals surface area contributed by atoms with Gasteiger partial charge in [0.05, 0.1) is 0 Å². The van der Waals surface area contributed by atoms with Gasteiger partial charge in [-0.25, -0.2) is 0 Å². The van der Waals surface area contributed by atoms with E-state index in [0.717, 1.165) is 21.9 Å². The Hall–Kier alpha value is -1.36. The summed E-state index contributed by atoms with van der Waals surface area (Å²) in [6, 6.07) is 18.5. The lowest BCUT2D eigenvalue weighted by atomic mass is 9.82. The molecule has 3 atom stereocenters. The molecule has 4 fully saturated rings. The number of hydrogen-bond donors (Lipinski definition) is 1. The summed E-state index contributed by atoms with van der Waals surface area (Å²) >= 11 is 11.9. The molecule has 38 heavy (non-hydrogen) atoms. The highest BCUT2D eigenvalue weighted by Gasteiger charge is 2.34. The maximum atomic E-state index is 6.07. The first-order valence-corrected chi connectivity index (χ1v) is 15.6. The molecule has 1 unspecified atom stereocenters. The van der Waals surface area contributed by atoms with Gasteiger partial charge in [-0.1, -0.05) is 59.6 Å². The number of rotatable bonds is 6. The molecule has 2 aliphatic carbocycles. The van der Waals surface area contributed by atoms with Crippen LogP contribution in [0.5, 0.6) is 0 Å². The van der Waals surface area contributed by atoms with E-state index in [1.54, 1.807) is 0 Å². The lowest BCUT2D eigenvalue weighted by molar-refractivity contribution is 0.0676. The quantitative estimate of drug-likeness (QED) is 0.378. The van der Waals surface area contributed by atoms with E-state index in [1.807, 2.05) is 24.3 Å². The zero-order valence-electron chi connectivity index (χ0n) is 22.8. The SMILES string of the molecule is C=C1CCC1N1CCC(Cc2ccc(Cl)cc2)CC1.N[C@@H]1CC[C@@H]1N1CCC(Cc2ccc(Cl)cc2)CC1. The highest BCUT2D eigenvalue weighted by molar-refractivity contribution is 6.30. The molecule has 5 heteroatoms. The third-order valence-corrected chi connectivity index (χ3v) is 10.1. The molecule has 0 amide bonds. The molecule has 2 saturated carbocycles. The average molecular weight is 555 g/mol.